The number of carbonyl (C=O) groups is 2. The topological polar surface area (TPSA) is 79.7 Å². The van der Waals surface area contributed by atoms with E-state index in [0.29, 0.717) is 24.7 Å². The highest BCUT2D eigenvalue weighted by Gasteiger charge is 2.31. The number of amides is 2. The molecular formula is C20H31N5O3. The highest BCUT2D eigenvalue weighted by molar-refractivity contribution is 5.92. The number of aromatic nitrogens is 2. The van der Waals surface area contributed by atoms with Gasteiger partial charge in [0, 0.05) is 39.4 Å². The summed E-state index contributed by atoms with van der Waals surface area (Å²) >= 11 is 0. The van der Waals surface area contributed by atoms with Crippen LogP contribution in [-0.2, 0) is 16.6 Å². The van der Waals surface area contributed by atoms with Crippen LogP contribution in [0.3, 0.4) is 0 Å². The van der Waals surface area contributed by atoms with Crippen LogP contribution in [0.15, 0.2) is 12.3 Å². The summed E-state index contributed by atoms with van der Waals surface area (Å²) in [5.41, 5.74) is 0.393. The molecular weight excluding hydrogens is 358 g/mol. The van der Waals surface area contributed by atoms with Crippen LogP contribution < -0.4 is 5.32 Å². The molecule has 0 bridgehead atoms. The van der Waals surface area contributed by atoms with Gasteiger partial charge in [-0.3, -0.25) is 14.3 Å². The third-order valence-corrected chi connectivity index (χ3v) is 6.05. The van der Waals surface area contributed by atoms with Crippen LogP contribution in [0.1, 0.15) is 36.2 Å². The number of likely N-dealkylation sites (tertiary alicyclic amines) is 1. The molecule has 28 heavy (non-hydrogen) atoms. The molecule has 1 atom stereocenters. The van der Waals surface area contributed by atoms with E-state index in [-0.39, 0.29) is 24.5 Å². The lowest BCUT2D eigenvalue weighted by Gasteiger charge is -2.38. The predicted molar refractivity (Wildman–Crippen MR) is 104 cm³/mol. The second-order valence-electron chi connectivity index (χ2n) is 8.50. The monoisotopic (exact) mass is 389 g/mol. The molecule has 2 saturated heterocycles. The van der Waals surface area contributed by atoms with E-state index in [0.717, 1.165) is 25.6 Å². The Kier molecular flexibility index (Phi) is 5.96. The molecule has 3 fully saturated rings. The summed E-state index contributed by atoms with van der Waals surface area (Å²) in [4.78, 5) is 29.0. The van der Waals surface area contributed by atoms with Crippen LogP contribution >= 0.6 is 0 Å². The Morgan fingerprint density at radius 3 is 2.64 bits per heavy atom. The van der Waals surface area contributed by atoms with Crippen LogP contribution in [0.2, 0.25) is 0 Å². The fourth-order valence-electron chi connectivity index (χ4n) is 4.14. The Labute approximate surface area is 166 Å². The molecule has 3 aliphatic rings. The van der Waals surface area contributed by atoms with Crippen LogP contribution in [0.5, 0.6) is 0 Å². The molecule has 0 spiro atoms. The first kappa shape index (κ1) is 19.4. The number of aryl methyl sites for hydroxylation is 1. The van der Waals surface area contributed by atoms with Gasteiger partial charge < -0.3 is 19.9 Å². The number of rotatable bonds is 7. The number of carbonyl (C=O) groups excluding carboxylic acids is 2. The first-order valence-corrected chi connectivity index (χ1v) is 10.5. The normalized spacial score (nSPS) is 24.5. The zero-order valence-electron chi connectivity index (χ0n) is 16.7. The van der Waals surface area contributed by atoms with Crippen molar-refractivity contribution in [1.29, 1.82) is 0 Å². The van der Waals surface area contributed by atoms with Gasteiger partial charge in [0.2, 0.25) is 5.91 Å². The summed E-state index contributed by atoms with van der Waals surface area (Å²) in [7, 11) is 1.78. The van der Waals surface area contributed by atoms with Gasteiger partial charge in [0.25, 0.3) is 5.91 Å². The number of hydrogen-bond acceptors (Lipinski definition) is 5. The molecule has 0 aromatic carbocycles. The highest BCUT2D eigenvalue weighted by Crippen LogP contribution is 2.31. The third-order valence-electron chi connectivity index (χ3n) is 6.05. The maximum Gasteiger partial charge on any atom is 0.271 e. The summed E-state index contributed by atoms with van der Waals surface area (Å²) in [6, 6.07) is 1.68. The molecule has 2 aliphatic heterocycles. The maximum atomic E-state index is 12.3. The average Bonchev–Trinajstić information content (AvgIpc) is 3.40. The van der Waals surface area contributed by atoms with E-state index in [9.17, 15) is 9.59 Å². The van der Waals surface area contributed by atoms with Crippen molar-refractivity contribution < 1.29 is 14.3 Å². The first-order valence-electron chi connectivity index (χ1n) is 10.5. The summed E-state index contributed by atoms with van der Waals surface area (Å²) in [5, 5.41) is 6.97. The number of nitrogens with one attached hydrogen (secondary N) is 1. The molecule has 1 aliphatic carbocycles. The van der Waals surface area contributed by atoms with Gasteiger partial charge in [0.05, 0.1) is 6.10 Å². The average molecular weight is 390 g/mol. The number of morpholine rings is 1. The Bertz CT molecular complexity index is 694. The minimum Gasteiger partial charge on any atom is -0.365 e. The fourth-order valence-corrected chi connectivity index (χ4v) is 4.14. The Balaban J connectivity index is 1.21. The van der Waals surface area contributed by atoms with Gasteiger partial charge in [-0.2, -0.15) is 5.10 Å². The molecule has 1 N–H and O–H groups in total. The Morgan fingerprint density at radius 1 is 1.21 bits per heavy atom. The van der Waals surface area contributed by atoms with Gasteiger partial charge in [-0.15, -0.1) is 0 Å². The van der Waals surface area contributed by atoms with E-state index in [2.05, 4.69) is 15.3 Å². The SMILES string of the molecule is Cn1ccc(C(=O)NCC2CN(CC3CCN(CC4CC4)CC3)C(=O)CO2)n1. The fraction of sp³-hybridized carbons (Fsp3) is 0.750. The molecule has 154 valence electrons. The molecule has 1 saturated carbocycles. The van der Waals surface area contributed by atoms with E-state index in [4.69, 9.17) is 4.74 Å². The van der Waals surface area contributed by atoms with E-state index in [1.54, 1.807) is 24.0 Å². The summed E-state index contributed by atoms with van der Waals surface area (Å²) in [5.74, 6) is 1.36. The van der Waals surface area contributed by atoms with Crippen molar-refractivity contribution in [3.63, 3.8) is 0 Å². The lowest BCUT2D eigenvalue weighted by Crippen LogP contribution is -2.52. The van der Waals surface area contributed by atoms with E-state index in [1.807, 2.05) is 4.90 Å². The zero-order valence-corrected chi connectivity index (χ0v) is 16.7. The largest absolute Gasteiger partial charge is 0.365 e. The van der Waals surface area contributed by atoms with Gasteiger partial charge in [-0.25, -0.2) is 0 Å². The smallest absolute Gasteiger partial charge is 0.271 e. The summed E-state index contributed by atoms with van der Waals surface area (Å²) < 4.78 is 7.23. The standard InChI is InChI=1S/C20H31N5O3/c1-23-7-6-18(22-23)20(27)21-10-17-13-25(19(26)14-28-17)12-16-4-8-24(9-5-16)11-15-2-3-15/h6-7,15-17H,2-5,8-14H2,1H3,(H,21,27). The number of hydrogen-bond donors (Lipinski definition) is 1. The molecule has 1 aromatic rings. The van der Waals surface area contributed by atoms with Gasteiger partial charge in [0.15, 0.2) is 0 Å². The Morgan fingerprint density at radius 2 is 1.96 bits per heavy atom. The minimum absolute atomic E-state index is 0.0627. The maximum absolute atomic E-state index is 12.3. The molecule has 4 rings (SSSR count). The molecule has 1 unspecified atom stereocenters. The number of ether oxygens (including phenoxy) is 1. The van der Waals surface area contributed by atoms with Gasteiger partial charge in [0.1, 0.15) is 12.3 Å². The van der Waals surface area contributed by atoms with Gasteiger partial charge >= 0.3 is 0 Å². The summed E-state index contributed by atoms with van der Waals surface area (Å²) in [6.07, 6.45) is 6.71. The highest BCUT2D eigenvalue weighted by atomic mass is 16.5. The van der Waals surface area contributed by atoms with Crippen molar-refractivity contribution in [1.82, 2.24) is 24.9 Å². The molecule has 1 aromatic heterocycles. The van der Waals surface area contributed by atoms with Gasteiger partial charge in [-0.05, 0) is 56.7 Å². The molecule has 8 nitrogen and oxygen atoms in total. The lowest BCUT2D eigenvalue weighted by molar-refractivity contribution is -0.149. The van der Waals surface area contributed by atoms with Gasteiger partial charge in [-0.1, -0.05) is 0 Å². The predicted octanol–water partition coefficient (Wildman–Crippen LogP) is 0.499. The molecule has 0 radical (unpaired) electrons. The van der Waals surface area contributed by atoms with E-state index in [1.165, 1.54) is 32.2 Å². The molecule has 8 heteroatoms. The second kappa shape index (κ2) is 8.61. The van der Waals surface area contributed by atoms with E-state index < -0.39 is 0 Å². The van der Waals surface area contributed by atoms with Crippen molar-refractivity contribution in [3.05, 3.63) is 18.0 Å². The molecule has 3 heterocycles. The van der Waals surface area contributed by atoms with Crippen LogP contribution in [0.25, 0.3) is 0 Å². The lowest BCUT2D eigenvalue weighted by atomic mass is 9.95. The van der Waals surface area contributed by atoms with E-state index >= 15 is 0 Å². The van der Waals surface area contributed by atoms with Crippen molar-refractivity contribution in [2.24, 2.45) is 18.9 Å². The second-order valence-corrected chi connectivity index (χ2v) is 8.50. The first-order chi connectivity index (χ1) is 13.6. The quantitative estimate of drug-likeness (QED) is 0.735. The minimum atomic E-state index is -0.212. The Hall–Kier alpha value is -1.93. The molecule has 2 amide bonds. The summed E-state index contributed by atoms with van der Waals surface area (Å²) in [6.45, 7) is 5.42. The van der Waals surface area contributed by atoms with Crippen LogP contribution in [0, 0.1) is 11.8 Å². The van der Waals surface area contributed by atoms with Crippen molar-refractivity contribution in [2.45, 2.75) is 31.8 Å². The zero-order chi connectivity index (χ0) is 19.5. The van der Waals surface area contributed by atoms with Crippen molar-refractivity contribution in [2.75, 3.05) is 45.9 Å². The third kappa shape index (κ3) is 5.11. The van der Waals surface area contributed by atoms with Crippen LogP contribution in [-0.4, -0.2) is 83.4 Å². The van der Waals surface area contributed by atoms with Crippen LogP contribution in [0.4, 0.5) is 0 Å². The van der Waals surface area contributed by atoms with Crippen molar-refractivity contribution in [3.8, 4) is 0 Å². The number of nitrogens with zero attached hydrogens (tertiary/aromatic N) is 4. The number of piperidine rings is 1. The van der Waals surface area contributed by atoms with Crippen molar-refractivity contribution >= 4 is 11.8 Å².